The first-order valence-corrected chi connectivity index (χ1v) is 6.55. The summed E-state index contributed by atoms with van der Waals surface area (Å²) in [6, 6.07) is 5.56. The van der Waals surface area contributed by atoms with Crippen LogP contribution in [0.3, 0.4) is 0 Å². The van der Waals surface area contributed by atoms with Crippen LogP contribution in [0, 0.1) is 5.82 Å². The van der Waals surface area contributed by atoms with Crippen molar-refractivity contribution in [2.45, 2.75) is 26.4 Å². The Morgan fingerprint density at radius 1 is 1.44 bits per heavy atom. The molecule has 1 aliphatic rings. The molecule has 1 aromatic carbocycles. The summed E-state index contributed by atoms with van der Waals surface area (Å²) in [5.74, 6) is -0.168. The first kappa shape index (κ1) is 13.3. The zero-order valence-electron chi connectivity index (χ0n) is 11.1. The highest BCUT2D eigenvalue weighted by Crippen LogP contribution is 2.22. The van der Waals surface area contributed by atoms with Gasteiger partial charge in [0, 0.05) is 24.8 Å². The fourth-order valence-corrected chi connectivity index (χ4v) is 2.28. The highest BCUT2D eigenvalue weighted by molar-refractivity contribution is 5.50. The third-order valence-corrected chi connectivity index (χ3v) is 3.22. The van der Waals surface area contributed by atoms with Crippen molar-refractivity contribution in [1.82, 2.24) is 5.32 Å². The van der Waals surface area contributed by atoms with Crippen LogP contribution in [-0.2, 0) is 11.3 Å². The Hall–Kier alpha value is -1.13. The van der Waals surface area contributed by atoms with Crippen LogP contribution in [0.4, 0.5) is 10.1 Å². The summed E-state index contributed by atoms with van der Waals surface area (Å²) in [4.78, 5) is 2.21. The van der Waals surface area contributed by atoms with Crippen molar-refractivity contribution in [3.63, 3.8) is 0 Å². The molecule has 1 fully saturated rings. The molecular weight excluding hydrogens is 231 g/mol. The summed E-state index contributed by atoms with van der Waals surface area (Å²) >= 11 is 0. The van der Waals surface area contributed by atoms with E-state index in [1.165, 1.54) is 0 Å². The fourth-order valence-electron chi connectivity index (χ4n) is 2.28. The number of ether oxygens (including phenoxy) is 1. The van der Waals surface area contributed by atoms with Crippen LogP contribution < -0.4 is 10.2 Å². The molecule has 4 heteroatoms. The smallest absolute Gasteiger partial charge is 0.125 e. The Morgan fingerprint density at radius 3 is 3.00 bits per heavy atom. The number of morpholine rings is 1. The van der Waals surface area contributed by atoms with Gasteiger partial charge in [0.25, 0.3) is 0 Å². The zero-order chi connectivity index (χ0) is 13.0. The molecule has 0 radical (unpaired) electrons. The lowest BCUT2D eigenvalue weighted by Gasteiger charge is -2.35. The van der Waals surface area contributed by atoms with Gasteiger partial charge in [-0.2, -0.15) is 0 Å². The van der Waals surface area contributed by atoms with E-state index in [9.17, 15) is 4.39 Å². The van der Waals surface area contributed by atoms with Gasteiger partial charge in [-0.05, 0) is 37.2 Å². The van der Waals surface area contributed by atoms with Gasteiger partial charge in [0.05, 0.1) is 13.2 Å². The third kappa shape index (κ3) is 3.21. The number of benzene rings is 1. The normalized spacial score (nSPS) is 20.2. The second kappa shape index (κ2) is 6.16. The van der Waals surface area contributed by atoms with E-state index in [1.807, 2.05) is 6.92 Å². The number of hydrogen-bond donors (Lipinski definition) is 1. The van der Waals surface area contributed by atoms with Crippen LogP contribution >= 0.6 is 0 Å². The summed E-state index contributed by atoms with van der Waals surface area (Å²) in [6.07, 6.45) is 0. The Balaban J connectivity index is 2.18. The lowest BCUT2D eigenvalue weighted by atomic mass is 10.1. The molecule has 100 valence electrons. The van der Waals surface area contributed by atoms with Gasteiger partial charge in [0.15, 0.2) is 0 Å². The molecule has 1 aliphatic heterocycles. The van der Waals surface area contributed by atoms with Crippen molar-refractivity contribution < 1.29 is 9.13 Å². The van der Waals surface area contributed by atoms with Crippen molar-refractivity contribution >= 4 is 5.69 Å². The first-order valence-electron chi connectivity index (χ1n) is 6.55. The molecule has 2 rings (SSSR count). The maximum absolute atomic E-state index is 13.7. The van der Waals surface area contributed by atoms with E-state index in [4.69, 9.17) is 4.74 Å². The molecule has 3 nitrogen and oxygen atoms in total. The molecule has 0 saturated carbocycles. The molecule has 0 amide bonds. The molecule has 1 atom stereocenters. The van der Waals surface area contributed by atoms with Crippen LogP contribution in [0.25, 0.3) is 0 Å². The van der Waals surface area contributed by atoms with E-state index in [-0.39, 0.29) is 5.82 Å². The summed E-state index contributed by atoms with van der Waals surface area (Å²) in [5, 5.41) is 3.22. The average Bonchev–Trinajstić information content (AvgIpc) is 2.36. The summed E-state index contributed by atoms with van der Waals surface area (Å²) in [6.45, 7) is 7.99. The minimum Gasteiger partial charge on any atom is -0.377 e. The van der Waals surface area contributed by atoms with Gasteiger partial charge in [-0.3, -0.25) is 0 Å². The van der Waals surface area contributed by atoms with Crippen LogP contribution in [0.2, 0.25) is 0 Å². The minimum absolute atomic E-state index is 0.168. The molecule has 1 saturated heterocycles. The van der Waals surface area contributed by atoms with Crippen LogP contribution in [0.5, 0.6) is 0 Å². The molecule has 18 heavy (non-hydrogen) atoms. The summed E-state index contributed by atoms with van der Waals surface area (Å²) in [5.41, 5.74) is 1.95. The number of rotatable bonds is 4. The summed E-state index contributed by atoms with van der Waals surface area (Å²) < 4.78 is 19.1. The van der Waals surface area contributed by atoms with E-state index >= 15 is 0 Å². The van der Waals surface area contributed by atoms with Crippen LogP contribution in [-0.4, -0.2) is 32.3 Å². The van der Waals surface area contributed by atoms with Gasteiger partial charge in [0.1, 0.15) is 5.82 Å². The molecule has 1 N–H and O–H groups in total. The molecular formula is C14H21FN2O. The summed E-state index contributed by atoms with van der Waals surface area (Å²) in [7, 11) is 0. The second-order valence-electron chi connectivity index (χ2n) is 4.72. The van der Waals surface area contributed by atoms with Gasteiger partial charge in [-0.15, -0.1) is 0 Å². The standard InChI is InChI=1S/C14H21FN2O/c1-3-16-9-12-6-13(15)8-14(7-12)17-4-5-18-10-11(17)2/h6-8,11,16H,3-5,9-10H2,1-2H3. The number of anilines is 1. The van der Waals surface area contributed by atoms with Gasteiger partial charge < -0.3 is 15.0 Å². The first-order chi connectivity index (χ1) is 8.70. The lowest BCUT2D eigenvalue weighted by Crippen LogP contribution is -2.43. The molecule has 1 aromatic rings. The van der Waals surface area contributed by atoms with Crippen molar-refractivity contribution in [3.8, 4) is 0 Å². The molecule has 1 heterocycles. The Morgan fingerprint density at radius 2 is 2.28 bits per heavy atom. The maximum atomic E-state index is 13.7. The minimum atomic E-state index is -0.168. The highest BCUT2D eigenvalue weighted by Gasteiger charge is 2.19. The average molecular weight is 252 g/mol. The maximum Gasteiger partial charge on any atom is 0.125 e. The zero-order valence-corrected chi connectivity index (χ0v) is 11.1. The molecule has 0 spiro atoms. The molecule has 0 bridgehead atoms. The quantitative estimate of drug-likeness (QED) is 0.888. The monoisotopic (exact) mass is 252 g/mol. The fraction of sp³-hybridized carbons (Fsp3) is 0.571. The Kier molecular flexibility index (Phi) is 4.55. The highest BCUT2D eigenvalue weighted by atomic mass is 19.1. The number of nitrogens with zero attached hydrogens (tertiary/aromatic N) is 1. The Labute approximate surface area is 108 Å². The van der Waals surface area contributed by atoms with Crippen molar-refractivity contribution in [2.24, 2.45) is 0 Å². The van der Waals surface area contributed by atoms with Crippen molar-refractivity contribution in [3.05, 3.63) is 29.6 Å². The molecule has 1 unspecified atom stereocenters. The lowest BCUT2D eigenvalue weighted by molar-refractivity contribution is 0.0989. The van der Waals surface area contributed by atoms with E-state index in [0.717, 1.165) is 24.3 Å². The van der Waals surface area contributed by atoms with Gasteiger partial charge in [0.2, 0.25) is 0 Å². The molecule has 0 aliphatic carbocycles. The SMILES string of the molecule is CCNCc1cc(F)cc(N2CCOCC2C)c1. The second-order valence-corrected chi connectivity index (χ2v) is 4.72. The Bertz CT molecular complexity index is 397. The number of halogens is 1. The number of hydrogen-bond acceptors (Lipinski definition) is 3. The predicted octanol–water partition coefficient (Wildman–Crippen LogP) is 2.16. The third-order valence-electron chi connectivity index (χ3n) is 3.22. The number of nitrogens with one attached hydrogen (secondary N) is 1. The largest absolute Gasteiger partial charge is 0.377 e. The van der Waals surface area contributed by atoms with E-state index in [2.05, 4.69) is 23.2 Å². The van der Waals surface area contributed by atoms with Gasteiger partial charge in [-0.25, -0.2) is 4.39 Å². The van der Waals surface area contributed by atoms with E-state index in [0.29, 0.717) is 25.8 Å². The topological polar surface area (TPSA) is 24.5 Å². The van der Waals surface area contributed by atoms with Crippen molar-refractivity contribution in [1.29, 1.82) is 0 Å². The molecule has 0 aromatic heterocycles. The van der Waals surface area contributed by atoms with E-state index < -0.39 is 0 Å². The predicted molar refractivity (Wildman–Crippen MR) is 71.4 cm³/mol. The van der Waals surface area contributed by atoms with E-state index in [1.54, 1.807) is 12.1 Å². The van der Waals surface area contributed by atoms with Gasteiger partial charge in [-0.1, -0.05) is 6.92 Å². The van der Waals surface area contributed by atoms with Crippen LogP contribution in [0.15, 0.2) is 18.2 Å². The van der Waals surface area contributed by atoms with Crippen LogP contribution in [0.1, 0.15) is 19.4 Å². The van der Waals surface area contributed by atoms with Crippen molar-refractivity contribution in [2.75, 3.05) is 31.2 Å². The van der Waals surface area contributed by atoms with Gasteiger partial charge >= 0.3 is 0 Å².